The van der Waals surface area contributed by atoms with Crippen LogP contribution in [0.1, 0.15) is 40.9 Å². The van der Waals surface area contributed by atoms with Gasteiger partial charge in [-0.15, -0.1) is 0 Å². The summed E-state index contributed by atoms with van der Waals surface area (Å²) in [6.07, 6.45) is -5.76. The van der Waals surface area contributed by atoms with Crippen LogP contribution < -0.4 is 22.1 Å². The molecule has 1 aliphatic heterocycles. The van der Waals surface area contributed by atoms with E-state index >= 15 is 0 Å². The largest absolute Gasteiger partial charge is 0.465 e. The van der Waals surface area contributed by atoms with Gasteiger partial charge in [-0.25, -0.2) is 14.8 Å². The van der Waals surface area contributed by atoms with E-state index in [1.165, 1.54) is 4.90 Å². The first-order valence-electron chi connectivity index (χ1n) is 16.4. The molecule has 5 atom stereocenters. The predicted octanol–water partition coefficient (Wildman–Crippen LogP) is -1.17. The quantitative estimate of drug-likeness (QED) is 0.0811. The highest BCUT2D eigenvalue weighted by atomic mass is 35.5. The minimum atomic E-state index is -1.73. The van der Waals surface area contributed by atoms with Crippen molar-refractivity contribution in [3.05, 3.63) is 46.2 Å². The zero-order valence-electron chi connectivity index (χ0n) is 28.0. The van der Waals surface area contributed by atoms with E-state index in [-0.39, 0.29) is 79.4 Å². The van der Waals surface area contributed by atoms with Crippen LogP contribution in [0.25, 0.3) is 0 Å². The Bertz CT molecular complexity index is 1430. The summed E-state index contributed by atoms with van der Waals surface area (Å²) in [5.41, 5.74) is 13.3. The Kier molecular flexibility index (Phi) is 15.8. The van der Waals surface area contributed by atoms with Crippen molar-refractivity contribution in [2.75, 3.05) is 63.9 Å². The van der Waals surface area contributed by atoms with Crippen LogP contribution in [0.4, 0.5) is 16.4 Å². The highest BCUT2D eigenvalue weighted by Crippen LogP contribution is 2.22. The number of nitrogens with two attached hydrogens (primary N) is 2. The number of anilines is 2. The number of carboxylic acid groups (broad SMARTS) is 1. The Morgan fingerprint density at radius 2 is 1.68 bits per heavy atom. The molecule has 2 aromatic rings. The van der Waals surface area contributed by atoms with Gasteiger partial charge >= 0.3 is 6.09 Å². The number of carbonyl (C=O) groups is 3. The molecule has 0 unspecified atom stereocenters. The van der Waals surface area contributed by atoms with Crippen molar-refractivity contribution in [1.29, 1.82) is 0 Å². The van der Waals surface area contributed by atoms with Crippen molar-refractivity contribution in [3.8, 4) is 0 Å². The highest BCUT2D eigenvalue weighted by Gasteiger charge is 2.31. The third kappa shape index (κ3) is 11.9. The Hall–Kier alpha value is -3.84. The number of aliphatic hydroxyl groups is 5. The number of carbonyl (C=O) groups excluding carboxylic acids is 2. The van der Waals surface area contributed by atoms with Gasteiger partial charge in [0, 0.05) is 52.2 Å². The number of nitrogen functional groups attached to an aromatic ring is 2. The minimum absolute atomic E-state index is 0.00584. The number of nitrogens with one attached hydrogen (secondary N) is 2. The number of hydrogen-bond donors (Lipinski definition) is 10. The Morgan fingerprint density at radius 1 is 1.02 bits per heavy atom. The van der Waals surface area contributed by atoms with Crippen molar-refractivity contribution in [2.24, 2.45) is 11.8 Å². The Morgan fingerprint density at radius 3 is 2.32 bits per heavy atom. The van der Waals surface area contributed by atoms with Gasteiger partial charge in [-0.3, -0.25) is 9.59 Å². The minimum Gasteiger partial charge on any atom is -0.465 e. The second kappa shape index (κ2) is 19.5. The lowest BCUT2D eigenvalue weighted by atomic mass is 9.93. The molecule has 1 aromatic carbocycles. The number of hydrogen-bond acceptors (Lipinski definition) is 13. The molecule has 0 radical (unpaired) electrons. The standard InChI is InChI=1S/C32H49ClN8O9/c1-18-4-2-3-5-21(18)12-20(13-37-31(48)25-29(34)39-30(35)28(33)38-25)16-41(32(49)50)15-19-7-10-40(11-8-19)24(45)6-9-36-14-22(43)26(46)27(47)23(44)17-42/h2-5,19-20,22-23,26-27,36,42-44,46-47H,6-17H2,1H3,(H,37,48)(H,49,50)(H4,34,35,39)/t20-,22-,23+,26+,27+/m0/s1. The maximum atomic E-state index is 13.0. The number of likely N-dealkylation sites (tertiary alicyclic amines) is 1. The summed E-state index contributed by atoms with van der Waals surface area (Å²) in [6.45, 7) is 2.61. The van der Waals surface area contributed by atoms with Gasteiger partial charge in [0.15, 0.2) is 22.5 Å². The molecule has 3 amide bonds. The molecule has 17 nitrogen and oxygen atoms in total. The Labute approximate surface area is 295 Å². The van der Waals surface area contributed by atoms with Crippen LogP contribution in [0, 0.1) is 18.8 Å². The molecule has 12 N–H and O–H groups in total. The van der Waals surface area contributed by atoms with Crippen LogP contribution in [0.15, 0.2) is 24.3 Å². The van der Waals surface area contributed by atoms with E-state index in [0.29, 0.717) is 32.4 Å². The van der Waals surface area contributed by atoms with Crippen molar-refractivity contribution in [2.45, 2.75) is 57.0 Å². The predicted molar refractivity (Wildman–Crippen MR) is 184 cm³/mol. The van der Waals surface area contributed by atoms with Gasteiger partial charge in [0.25, 0.3) is 5.91 Å². The van der Waals surface area contributed by atoms with Gasteiger partial charge in [-0.2, -0.15) is 0 Å². The van der Waals surface area contributed by atoms with Gasteiger partial charge in [-0.1, -0.05) is 35.9 Å². The number of nitrogens with zero attached hydrogens (tertiary/aromatic N) is 4. The van der Waals surface area contributed by atoms with Gasteiger partial charge < -0.3 is 62.5 Å². The summed E-state index contributed by atoms with van der Waals surface area (Å²) in [5.74, 6) is -1.34. The molecule has 278 valence electrons. The number of piperidine rings is 1. The molecule has 0 aliphatic carbocycles. The smallest absolute Gasteiger partial charge is 0.407 e. The van der Waals surface area contributed by atoms with Crippen molar-refractivity contribution < 1.29 is 45.0 Å². The summed E-state index contributed by atoms with van der Waals surface area (Å²) in [5, 5.41) is 63.6. The molecule has 0 spiro atoms. The number of aromatic nitrogens is 2. The van der Waals surface area contributed by atoms with Crippen molar-refractivity contribution in [3.63, 3.8) is 0 Å². The van der Waals surface area contributed by atoms with Crippen LogP contribution in [0.3, 0.4) is 0 Å². The second-order valence-electron chi connectivity index (χ2n) is 12.6. The molecule has 2 heterocycles. The fraction of sp³-hybridized carbons (Fsp3) is 0.594. The SMILES string of the molecule is Cc1ccccc1C[C@@H](CNC(=O)c1nc(Cl)c(N)nc1N)CN(CC1CCN(C(=O)CCNC[C@H](O)[C@@H](O)[C@H](O)[C@H](O)CO)CC1)C(=O)O. The average molecular weight is 725 g/mol. The lowest BCUT2D eigenvalue weighted by molar-refractivity contribution is -0.132. The number of aliphatic hydroxyl groups excluding tert-OH is 5. The molecule has 1 aromatic heterocycles. The van der Waals surface area contributed by atoms with E-state index in [1.807, 2.05) is 31.2 Å². The first-order chi connectivity index (χ1) is 23.7. The number of benzene rings is 1. The molecule has 1 saturated heterocycles. The topological polar surface area (TPSA) is 281 Å². The fourth-order valence-electron chi connectivity index (χ4n) is 5.79. The van der Waals surface area contributed by atoms with Gasteiger partial charge in [-0.05, 0) is 49.1 Å². The zero-order valence-corrected chi connectivity index (χ0v) is 28.7. The average Bonchev–Trinajstić information content (AvgIpc) is 3.09. The normalized spacial score (nSPS) is 16.7. The zero-order chi connectivity index (χ0) is 37.0. The fourth-order valence-corrected chi connectivity index (χ4v) is 5.91. The van der Waals surface area contributed by atoms with Gasteiger partial charge in [0.1, 0.15) is 18.3 Å². The van der Waals surface area contributed by atoms with Crippen LogP contribution in [0.5, 0.6) is 0 Å². The van der Waals surface area contributed by atoms with Crippen molar-refractivity contribution in [1.82, 2.24) is 30.4 Å². The number of rotatable bonds is 18. The van der Waals surface area contributed by atoms with E-state index in [4.69, 9.17) is 28.2 Å². The number of halogens is 1. The molecule has 3 rings (SSSR count). The summed E-state index contributed by atoms with van der Waals surface area (Å²) < 4.78 is 0. The van der Waals surface area contributed by atoms with E-state index in [1.54, 1.807) is 4.90 Å². The lowest BCUT2D eigenvalue weighted by Gasteiger charge is -2.35. The third-order valence-electron chi connectivity index (χ3n) is 8.83. The third-order valence-corrected chi connectivity index (χ3v) is 9.11. The van der Waals surface area contributed by atoms with Crippen molar-refractivity contribution >= 4 is 41.1 Å². The van der Waals surface area contributed by atoms with Crippen LogP contribution in [-0.4, -0.2) is 145 Å². The number of aryl methyl sites for hydroxylation is 1. The molecule has 18 heteroatoms. The van der Waals surface area contributed by atoms with Gasteiger partial charge in [0.2, 0.25) is 5.91 Å². The summed E-state index contributed by atoms with van der Waals surface area (Å²) in [7, 11) is 0. The summed E-state index contributed by atoms with van der Waals surface area (Å²) in [6, 6.07) is 7.73. The second-order valence-corrected chi connectivity index (χ2v) is 13.0. The summed E-state index contributed by atoms with van der Waals surface area (Å²) >= 11 is 5.94. The first kappa shape index (κ1) is 40.6. The lowest BCUT2D eigenvalue weighted by Crippen LogP contribution is -2.49. The molecule has 0 bridgehead atoms. The summed E-state index contributed by atoms with van der Waals surface area (Å²) in [4.78, 5) is 49.0. The number of amides is 3. The monoisotopic (exact) mass is 724 g/mol. The van der Waals surface area contributed by atoms with E-state index in [0.717, 1.165) is 11.1 Å². The first-order valence-corrected chi connectivity index (χ1v) is 16.8. The molecule has 0 saturated carbocycles. The van der Waals surface area contributed by atoms with E-state index < -0.39 is 43.0 Å². The van der Waals surface area contributed by atoms with Gasteiger partial charge in [0.05, 0.1) is 12.7 Å². The molecule has 50 heavy (non-hydrogen) atoms. The van der Waals surface area contributed by atoms with Crippen LogP contribution in [0.2, 0.25) is 5.15 Å². The Balaban J connectivity index is 1.53. The maximum Gasteiger partial charge on any atom is 0.407 e. The van der Waals surface area contributed by atoms with E-state index in [9.17, 15) is 39.9 Å². The molecular weight excluding hydrogens is 676 g/mol. The van der Waals surface area contributed by atoms with E-state index in [2.05, 4.69) is 20.6 Å². The molecule has 1 fully saturated rings. The van der Waals surface area contributed by atoms with Crippen LogP contribution in [-0.2, 0) is 11.2 Å². The molecule has 1 aliphatic rings. The highest BCUT2D eigenvalue weighted by molar-refractivity contribution is 6.31. The van der Waals surface area contributed by atoms with Crippen LogP contribution >= 0.6 is 11.6 Å². The maximum absolute atomic E-state index is 13.0. The molecular formula is C32H49ClN8O9.